The summed E-state index contributed by atoms with van der Waals surface area (Å²) in [6.45, 7) is 1.84. The van der Waals surface area contributed by atoms with Gasteiger partial charge in [-0.25, -0.2) is 4.90 Å². The van der Waals surface area contributed by atoms with Crippen LogP contribution in [0.1, 0.15) is 17.5 Å². The van der Waals surface area contributed by atoms with E-state index in [0.29, 0.717) is 22.0 Å². The number of carboxylic acids is 1. The first-order valence-electron chi connectivity index (χ1n) is 8.03. The second-order valence-electron chi connectivity index (χ2n) is 6.15. The van der Waals surface area contributed by atoms with Crippen LogP contribution in [0.15, 0.2) is 42.5 Å². The van der Waals surface area contributed by atoms with E-state index in [1.54, 1.807) is 42.5 Å². The lowest BCUT2D eigenvalue weighted by Gasteiger charge is -2.17. The average molecular weight is 372 g/mol. The maximum Gasteiger partial charge on any atom is 0.256 e. The van der Waals surface area contributed by atoms with Crippen molar-refractivity contribution in [3.05, 3.63) is 58.6 Å². The number of aryl methyl sites for hydroxylation is 1. The molecule has 2 amide bonds. The molecule has 1 saturated heterocycles. The van der Waals surface area contributed by atoms with Gasteiger partial charge in [-0.15, -0.1) is 0 Å². The van der Waals surface area contributed by atoms with Crippen molar-refractivity contribution in [1.29, 1.82) is 0 Å². The van der Waals surface area contributed by atoms with Gasteiger partial charge in [0.25, 0.3) is 5.91 Å². The number of halogens is 1. The third-order valence-corrected chi connectivity index (χ3v) is 4.61. The van der Waals surface area contributed by atoms with Crippen molar-refractivity contribution >= 4 is 40.8 Å². The van der Waals surface area contributed by atoms with Crippen LogP contribution < -0.4 is 15.3 Å². The zero-order chi connectivity index (χ0) is 18.8. The number of nitrogens with zero attached hydrogens (tertiary/aromatic N) is 1. The van der Waals surface area contributed by atoms with Gasteiger partial charge in [0, 0.05) is 23.1 Å². The minimum Gasteiger partial charge on any atom is -0.550 e. The number of carbonyl (C=O) groups is 3. The van der Waals surface area contributed by atoms with Gasteiger partial charge in [-0.3, -0.25) is 9.59 Å². The Balaban J connectivity index is 1.74. The molecule has 0 unspecified atom stereocenters. The zero-order valence-corrected chi connectivity index (χ0v) is 14.7. The predicted octanol–water partition coefficient (Wildman–Crippen LogP) is 1.68. The Kier molecular flexibility index (Phi) is 4.95. The Bertz CT molecular complexity index is 880. The SMILES string of the molecule is Cc1ccc(N2C(=O)C[C@H](Nc3ccc(CC(=O)[O-])cc3)C2=O)cc1Cl. The first-order valence-corrected chi connectivity index (χ1v) is 8.41. The van der Waals surface area contributed by atoms with E-state index in [1.807, 2.05) is 6.92 Å². The van der Waals surface area contributed by atoms with Crippen LogP contribution in [0.5, 0.6) is 0 Å². The fraction of sp³-hybridized carbons (Fsp3) is 0.211. The molecule has 1 fully saturated rings. The molecule has 1 atom stereocenters. The molecule has 6 nitrogen and oxygen atoms in total. The Morgan fingerprint density at radius 1 is 1.23 bits per heavy atom. The second-order valence-corrected chi connectivity index (χ2v) is 6.55. The molecule has 0 aliphatic carbocycles. The molecule has 1 aliphatic rings. The van der Waals surface area contributed by atoms with Gasteiger partial charge in [-0.2, -0.15) is 0 Å². The van der Waals surface area contributed by atoms with Gasteiger partial charge in [-0.1, -0.05) is 29.8 Å². The van der Waals surface area contributed by atoms with Crippen LogP contribution >= 0.6 is 11.6 Å². The third-order valence-electron chi connectivity index (χ3n) is 4.20. The highest BCUT2D eigenvalue weighted by atomic mass is 35.5. The summed E-state index contributed by atoms with van der Waals surface area (Å²) >= 11 is 6.09. The molecule has 0 spiro atoms. The van der Waals surface area contributed by atoms with Crippen molar-refractivity contribution in [2.75, 3.05) is 10.2 Å². The first-order chi connectivity index (χ1) is 12.3. The highest BCUT2D eigenvalue weighted by molar-refractivity contribution is 6.32. The number of carbonyl (C=O) groups excluding carboxylic acids is 3. The topological polar surface area (TPSA) is 89.5 Å². The highest BCUT2D eigenvalue weighted by Gasteiger charge is 2.39. The minimum absolute atomic E-state index is 0.0329. The van der Waals surface area contributed by atoms with E-state index in [9.17, 15) is 19.5 Å². The normalized spacial score (nSPS) is 16.8. The molecule has 0 bridgehead atoms. The van der Waals surface area contributed by atoms with Crippen LogP contribution in [0.2, 0.25) is 5.02 Å². The summed E-state index contributed by atoms with van der Waals surface area (Å²) < 4.78 is 0. The molecule has 1 N–H and O–H groups in total. The van der Waals surface area contributed by atoms with Crippen LogP contribution in [0, 0.1) is 6.92 Å². The number of aliphatic carboxylic acids is 1. The summed E-state index contributed by atoms with van der Waals surface area (Å²) in [5, 5.41) is 14.1. The summed E-state index contributed by atoms with van der Waals surface area (Å²) in [4.78, 5) is 36.7. The molecule has 0 aromatic heterocycles. The molecule has 0 saturated carbocycles. The molecule has 26 heavy (non-hydrogen) atoms. The summed E-state index contributed by atoms with van der Waals surface area (Å²) in [6, 6.07) is 11.0. The molecule has 1 aliphatic heterocycles. The maximum absolute atomic E-state index is 12.6. The number of hydrogen-bond donors (Lipinski definition) is 1. The van der Waals surface area contributed by atoms with E-state index in [-0.39, 0.29) is 24.7 Å². The molecule has 0 radical (unpaired) electrons. The van der Waals surface area contributed by atoms with Gasteiger partial charge >= 0.3 is 0 Å². The zero-order valence-electron chi connectivity index (χ0n) is 14.0. The van der Waals surface area contributed by atoms with Crippen LogP contribution in [-0.4, -0.2) is 23.8 Å². The van der Waals surface area contributed by atoms with E-state index in [2.05, 4.69) is 5.32 Å². The maximum atomic E-state index is 12.6. The third kappa shape index (κ3) is 3.70. The fourth-order valence-corrected chi connectivity index (χ4v) is 3.00. The van der Waals surface area contributed by atoms with Crippen molar-refractivity contribution in [3.63, 3.8) is 0 Å². The van der Waals surface area contributed by atoms with Crippen molar-refractivity contribution in [3.8, 4) is 0 Å². The largest absolute Gasteiger partial charge is 0.550 e. The van der Waals surface area contributed by atoms with Gasteiger partial charge < -0.3 is 15.2 Å². The highest BCUT2D eigenvalue weighted by Crippen LogP contribution is 2.28. The number of carboxylic acid groups (broad SMARTS) is 1. The Hall–Kier alpha value is -2.86. The van der Waals surface area contributed by atoms with E-state index >= 15 is 0 Å². The second kappa shape index (κ2) is 7.17. The van der Waals surface area contributed by atoms with Crippen LogP contribution in [0.4, 0.5) is 11.4 Å². The molecule has 3 rings (SSSR count). The first kappa shape index (κ1) is 17.9. The summed E-state index contributed by atoms with van der Waals surface area (Å²) in [6.07, 6.45) is -0.145. The molecule has 134 valence electrons. The molecule has 2 aromatic rings. The lowest BCUT2D eigenvalue weighted by molar-refractivity contribution is -0.304. The summed E-state index contributed by atoms with van der Waals surface area (Å²) in [5.74, 6) is -1.82. The van der Waals surface area contributed by atoms with Crippen molar-refractivity contribution < 1.29 is 19.5 Å². The fourth-order valence-electron chi connectivity index (χ4n) is 2.82. The van der Waals surface area contributed by atoms with Gasteiger partial charge in [0.2, 0.25) is 5.91 Å². The van der Waals surface area contributed by atoms with E-state index < -0.39 is 12.0 Å². The Labute approximate surface area is 155 Å². The smallest absolute Gasteiger partial charge is 0.256 e. The van der Waals surface area contributed by atoms with E-state index in [0.717, 1.165) is 10.5 Å². The van der Waals surface area contributed by atoms with Gasteiger partial charge in [0.15, 0.2) is 0 Å². The van der Waals surface area contributed by atoms with Crippen molar-refractivity contribution in [2.45, 2.75) is 25.8 Å². The summed E-state index contributed by atoms with van der Waals surface area (Å²) in [7, 11) is 0. The standard InChI is InChI=1S/C19H17ClN2O4/c1-11-2-7-14(9-15(11)20)22-17(23)10-16(19(22)26)21-13-5-3-12(4-6-13)8-18(24)25/h2-7,9,16,21H,8,10H2,1H3,(H,24,25)/p-1/t16-/m0/s1. The number of hydrogen-bond acceptors (Lipinski definition) is 5. The number of amides is 2. The number of imide groups is 1. The lowest BCUT2D eigenvalue weighted by atomic mass is 10.1. The Morgan fingerprint density at radius 2 is 1.92 bits per heavy atom. The van der Waals surface area contributed by atoms with Gasteiger partial charge in [0.1, 0.15) is 6.04 Å². The van der Waals surface area contributed by atoms with Crippen LogP contribution in [0.25, 0.3) is 0 Å². The van der Waals surface area contributed by atoms with Crippen molar-refractivity contribution in [1.82, 2.24) is 0 Å². The number of benzene rings is 2. The number of anilines is 2. The lowest BCUT2D eigenvalue weighted by Crippen LogP contribution is -2.34. The van der Waals surface area contributed by atoms with E-state index in [1.165, 1.54) is 0 Å². The number of nitrogens with one attached hydrogen (secondary N) is 1. The molecule has 1 heterocycles. The van der Waals surface area contributed by atoms with Crippen LogP contribution in [-0.2, 0) is 20.8 Å². The van der Waals surface area contributed by atoms with Gasteiger partial charge in [0.05, 0.1) is 12.1 Å². The van der Waals surface area contributed by atoms with Crippen molar-refractivity contribution in [2.24, 2.45) is 0 Å². The monoisotopic (exact) mass is 371 g/mol. The average Bonchev–Trinajstić information content (AvgIpc) is 2.85. The molecule has 2 aromatic carbocycles. The van der Waals surface area contributed by atoms with Crippen LogP contribution in [0.3, 0.4) is 0 Å². The molecular formula is C19H16ClN2O4-. The minimum atomic E-state index is -1.16. The predicted molar refractivity (Wildman–Crippen MR) is 95.9 cm³/mol. The Morgan fingerprint density at radius 3 is 2.54 bits per heavy atom. The quantitative estimate of drug-likeness (QED) is 0.808. The van der Waals surface area contributed by atoms with E-state index in [4.69, 9.17) is 11.6 Å². The van der Waals surface area contributed by atoms with Gasteiger partial charge in [-0.05, 0) is 42.3 Å². The molecule has 7 heteroatoms. The summed E-state index contributed by atoms with van der Waals surface area (Å²) in [5.41, 5.74) is 2.53. The molecular weight excluding hydrogens is 356 g/mol. The number of rotatable bonds is 5.